The Morgan fingerprint density at radius 2 is 1.72 bits per heavy atom. The second-order valence-electron chi connectivity index (χ2n) is 7.84. The first-order chi connectivity index (χ1) is 15.7. The molecule has 5 rings (SSSR count). The Bertz CT molecular complexity index is 1250. The van der Waals surface area contributed by atoms with Gasteiger partial charge < -0.3 is 18.9 Å². The first-order valence-corrected chi connectivity index (χ1v) is 10.8. The molecule has 3 aromatic carbocycles. The third-order valence-electron chi connectivity index (χ3n) is 5.87. The Morgan fingerprint density at radius 1 is 0.969 bits per heavy atom. The van der Waals surface area contributed by atoms with Crippen molar-refractivity contribution in [2.45, 2.75) is 26.0 Å². The van der Waals surface area contributed by atoms with E-state index >= 15 is 0 Å². The molecule has 6 nitrogen and oxygen atoms in total. The van der Waals surface area contributed by atoms with Crippen LogP contribution in [0, 0.1) is 0 Å². The molecule has 0 saturated carbocycles. The van der Waals surface area contributed by atoms with Crippen molar-refractivity contribution in [3.05, 3.63) is 84.2 Å². The summed E-state index contributed by atoms with van der Waals surface area (Å²) in [7, 11) is 1.63. The number of aryl methyl sites for hydroxylation is 1. The van der Waals surface area contributed by atoms with E-state index in [9.17, 15) is 4.79 Å². The van der Waals surface area contributed by atoms with Crippen molar-refractivity contribution in [2.75, 3.05) is 18.6 Å². The molecule has 0 N–H and O–H groups in total. The van der Waals surface area contributed by atoms with E-state index in [2.05, 4.69) is 6.07 Å². The zero-order valence-electron chi connectivity index (χ0n) is 18.0. The average Bonchev–Trinajstić information content (AvgIpc) is 3.20. The van der Waals surface area contributed by atoms with Crippen LogP contribution in [0.4, 0.5) is 5.69 Å². The summed E-state index contributed by atoms with van der Waals surface area (Å²) in [5.41, 5.74) is 4.03. The standard InChI is InChI=1S/C26H25N3O3/c1-31-20-12-14-21(15-13-20)32-18-25-27-22-9-3-5-11-24(22)29(25)17-26(30)28-16-6-8-19-7-2-4-10-23(19)28/h2-5,7,9-15H,6,8,16-18H2,1H3. The molecule has 162 valence electrons. The van der Waals surface area contributed by atoms with Gasteiger partial charge in [0.2, 0.25) is 5.91 Å². The molecule has 0 radical (unpaired) electrons. The number of hydrogen-bond acceptors (Lipinski definition) is 4. The topological polar surface area (TPSA) is 56.6 Å². The molecule has 1 amide bonds. The smallest absolute Gasteiger partial charge is 0.246 e. The minimum atomic E-state index is 0.0611. The van der Waals surface area contributed by atoms with Gasteiger partial charge in [-0.2, -0.15) is 0 Å². The average molecular weight is 428 g/mol. The number of methoxy groups -OCH3 is 1. The van der Waals surface area contributed by atoms with Gasteiger partial charge in [-0.15, -0.1) is 0 Å². The van der Waals surface area contributed by atoms with Crippen molar-refractivity contribution in [1.82, 2.24) is 9.55 Å². The van der Waals surface area contributed by atoms with Gasteiger partial charge in [-0.25, -0.2) is 4.98 Å². The number of hydrogen-bond donors (Lipinski definition) is 0. The van der Waals surface area contributed by atoms with E-state index < -0.39 is 0 Å². The summed E-state index contributed by atoms with van der Waals surface area (Å²) in [5, 5.41) is 0. The fourth-order valence-corrected chi connectivity index (χ4v) is 4.25. The highest BCUT2D eigenvalue weighted by Gasteiger charge is 2.24. The van der Waals surface area contributed by atoms with Gasteiger partial charge in [0, 0.05) is 12.2 Å². The normalized spacial score (nSPS) is 13.1. The largest absolute Gasteiger partial charge is 0.497 e. The van der Waals surface area contributed by atoms with Crippen LogP contribution in [0.25, 0.3) is 11.0 Å². The fourth-order valence-electron chi connectivity index (χ4n) is 4.25. The predicted octanol–water partition coefficient (Wildman–Crippen LogP) is 4.60. The number of benzene rings is 3. The molecule has 1 aromatic heterocycles. The Hall–Kier alpha value is -3.80. The van der Waals surface area contributed by atoms with Crippen LogP contribution >= 0.6 is 0 Å². The second-order valence-corrected chi connectivity index (χ2v) is 7.84. The lowest BCUT2D eigenvalue weighted by atomic mass is 10.0. The molecule has 0 aliphatic carbocycles. The molecule has 0 atom stereocenters. The molecule has 0 fully saturated rings. The fraction of sp³-hybridized carbons (Fsp3) is 0.231. The first-order valence-electron chi connectivity index (χ1n) is 10.8. The maximum absolute atomic E-state index is 13.4. The summed E-state index contributed by atoms with van der Waals surface area (Å²) < 4.78 is 13.2. The third-order valence-corrected chi connectivity index (χ3v) is 5.87. The molecular weight excluding hydrogens is 402 g/mol. The van der Waals surface area contributed by atoms with E-state index in [1.807, 2.05) is 76.2 Å². The molecule has 0 saturated heterocycles. The lowest BCUT2D eigenvalue weighted by Crippen LogP contribution is -2.38. The van der Waals surface area contributed by atoms with Gasteiger partial charge in [0.15, 0.2) is 0 Å². The second kappa shape index (κ2) is 8.75. The monoisotopic (exact) mass is 427 g/mol. The quantitative estimate of drug-likeness (QED) is 0.451. The number of nitrogens with zero attached hydrogens (tertiary/aromatic N) is 3. The molecule has 4 aromatic rings. The summed E-state index contributed by atoms with van der Waals surface area (Å²) in [6, 6.07) is 23.5. The van der Waals surface area contributed by atoms with Crippen molar-refractivity contribution in [2.24, 2.45) is 0 Å². The minimum absolute atomic E-state index is 0.0611. The number of para-hydroxylation sites is 3. The van der Waals surface area contributed by atoms with E-state index in [1.165, 1.54) is 5.56 Å². The summed E-state index contributed by atoms with van der Waals surface area (Å²) in [5.74, 6) is 2.28. The maximum atomic E-state index is 13.4. The van der Waals surface area contributed by atoms with Crippen LogP contribution in [0.1, 0.15) is 17.8 Å². The van der Waals surface area contributed by atoms with Gasteiger partial charge in [0.1, 0.15) is 30.5 Å². The third kappa shape index (κ3) is 3.91. The van der Waals surface area contributed by atoms with Crippen LogP contribution in [-0.4, -0.2) is 29.1 Å². The van der Waals surface area contributed by atoms with Crippen LogP contribution in [0.15, 0.2) is 72.8 Å². The Kier molecular flexibility index (Phi) is 5.50. The van der Waals surface area contributed by atoms with Crippen LogP contribution in [-0.2, 0) is 24.4 Å². The number of anilines is 1. The number of carbonyl (C=O) groups is 1. The number of aromatic nitrogens is 2. The molecule has 0 bridgehead atoms. The maximum Gasteiger partial charge on any atom is 0.246 e. The highest BCUT2D eigenvalue weighted by molar-refractivity contribution is 5.95. The van der Waals surface area contributed by atoms with Gasteiger partial charge in [-0.05, 0) is 60.9 Å². The summed E-state index contributed by atoms with van der Waals surface area (Å²) in [6.45, 7) is 1.22. The lowest BCUT2D eigenvalue weighted by molar-refractivity contribution is -0.119. The first kappa shape index (κ1) is 20.1. The highest BCUT2D eigenvalue weighted by Crippen LogP contribution is 2.28. The lowest BCUT2D eigenvalue weighted by Gasteiger charge is -2.29. The number of fused-ring (bicyclic) bond motifs is 2. The van der Waals surface area contributed by atoms with Gasteiger partial charge in [0.05, 0.1) is 18.1 Å². The molecule has 0 spiro atoms. The van der Waals surface area contributed by atoms with Crippen molar-refractivity contribution in [3.63, 3.8) is 0 Å². The molecule has 1 aliphatic rings. The van der Waals surface area contributed by atoms with Crippen LogP contribution in [0.2, 0.25) is 0 Å². The highest BCUT2D eigenvalue weighted by atomic mass is 16.5. The summed E-state index contributed by atoms with van der Waals surface area (Å²) in [6.07, 6.45) is 1.98. The zero-order valence-corrected chi connectivity index (χ0v) is 18.0. The zero-order chi connectivity index (χ0) is 21.9. The van der Waals surface area contributed by atoms with E-state index in [0.29, 0.717) is 0 Å². The molecule has 32 heavy (non-hydrogen) atoms. The van der Waals surface area contributed by atoms with E-state index in [0.717, 1.165) is 53.4 Å². The molecular formula is C26H25N3O3. The SMILES string of the molecule is COc1ccc(OCc2nc3ccccc3n2CC(=O)N2CCCc3ccccc32)cc1. The van der Waals surface area contributed by atoms with Crippen LogP contribution < -0.4 is 14.4 Å². The number of carbonyl (C=O) groups excluding carboxylic acids is 1. The number of rotatable bonds is 6. The Labute approximate surface area is 187 Å². The number of amides is 1. The van der Waals surface area contributed by atoms with Crippen molar-refractivity contribution in [1.29, 1.82) is 0 Å². The number of imidazole rings is 1. The predicted molar refractivity (Wildman–Crippen MR) is 124 cm³/mol. The summed E-state index contributed by atoms with van der Waals surface area (Å²) >= 11 is 0. The molecule has 6 heteroatoms. The molecule has 1 aliphatic heterocycles. The van der Waals surface area contributed by atoms with E-state index in [-0.39, 0.29) is 19.1 Å². The van der Waals surface area contributed by atoms with Gasteiger partial charge >= 0.3 is 0 Å². The van der Waals surface area contributed by atoms with Crippen LogP contribution in [0.5, 0.6) is 11.5 Å². The number of ether oxygens (including phenoxy) is 2. The van der Waals surface area contributed by atoms with Gasteiger partial charge in [-0.1, -0.05) is 30.3 Å². The summed E-state index contributed by atoms with van der Waals surface area (Å²) in [4.78, 5) is 20.0. The van der Waals surface area contributed by atoms with Gasteiger partial charge in [0.25, 0.3) is 0 Å². The van der Waals surface area contributed by atoms with Crippen molar-refractivity contribution < 1.29 is 14.3 Å². The Balaban J connectivity index is 1.41. The molecule has 0 unspecified atom stereocenters. The van der Waals surface area contributed by atoms with Crippen molar-refractivity contribution >= 4 is 22.6 Å². The van der Waals surface area contributed by atoms with Crippen molar-refractivity contribution in [3.8, 4) is 11.5 Å². The molecule has 2 heterocycles. The Morgan fingerprint density at radius 3 is 2.56 bits per heavy atom. The van der Waals surface area contributed by atoms with Crippen LogP contribution in [0.3, 0.4) is 0 Å². The van der Waals surface area contributed by atoms with E-state index in [4.69, 9.17) is 14.5 Å². The van der Waals surface area contributed by atoms with Gasteiger partial charge in [-0.3, -0.25) is 4.79 Å². The minimum Gasteiger partial charge on any atom is -0.497 e. The van der Waals surface area contributed by atoms with E-state index in [1.54, 1.807) is 7.11 Å².